The number of piperazine rings is 1. The van der Waals surface area contributed by atoms with Gasteiger partial charge in [0.05, 0.1) is 16.9 Å². The minimum absolute atomic E-state index is 0.188. The van der Waals surface area contributed by atoms with Gasteiger partial charge in [0.2, 0.25) is 0 Å². The van der Waals surface area contributed by atoms with Gasteiger partial charge in [-0.25, -0.2) is 9.97 Å². The minimum atomic E-state index is 0.188. The quantitative estimate of drug-likeness (QED) is 0.702. The summed E-state index contributed by atoms with van der Waals surface area (Å²) < 4.78 is 0. The summed E-state index contributed by atoms with van der Waals surface area (Å²) in [4.78, 5) is 28.8. The summed E-state index contributed by atoms with van der Waals surface area (Å²) in [7, 11) is 0. The lowest BCUT2D eigenvalue weighted by molar-refractivity contribution is 0.0630. The van der Waals surface area contributed by atoms with Crippen LogP contribution in [0.15, 0.2) is 30.3 Å². The van der Waals surface area contributed by atoms with Crippen molar-refractivity contribution in [1.29, 1.82) is 0 Å². The number of thiophene rings is 1. The van der Waals surface area contributed by atoms with Crippen molar-refractivity contribution in [1.82, 2.24) is 19.8 Å². The van der Waals surface area contributed by atoms with Gasteiger partial charge in [0.1, 0.15) is 11.6 Å². The fourth-order valence-electron chi connectivity index (χ4n) is 4.50. The lowest BCUT2D eigenvalue weighted by Crippen LogP contribution is -2.48. The van der Waals surface area contributed by atoms with E-state index in [-0.39, 0.29) is 5.91 Å². The number of amides is 1. The molecule has 7 heteroatoms. The molecule has 2 aliphatic rings. The second-order valence-corrected chi connectivity index (χ2v) is 9.65. The number of carbonyl (C=O) groups excluding carboxylic acids is 1. The lowest BCUT2D eigenvalue weighted by Gasteiger charge is -2.34. The number of benzene rings is 1. The molecule has 0 bridgehead atoms. The highest BCUT2D eigenvalue weighted by molar-refractivity contribution is 7.14. The SMILES string of the molecule is CC1CCc2sc(C(=O)N3CCN(Cc4nc(N)c5ccccc5n4)CC3)cc2C1. The molecule has 1 aliphatic heterocycles. The average molecular weight is 422 g/mol. The third-order valence-corrected chi connectivity index (χ3v) is 7.47. The number of carbonyl (C=O) groups is 1. The zero-order valence-corrected chi connectivity index (χ0v) is 18.1. The largest absolute Gasteiger partial charge is 0.383 e. The first kappa shape index (κ1) is 19.5. The highest BCUT2D eigenvalue weighted by atomic mass is 32.1. The number of hydrogen-bond acceptors (Lipinski definition) is 6. The van der Waals surface area contributed by atoms with Crippen molar-refractivity contribution >= 4 is 34.0 Å². The topological polar surface area (TPSA) is 75.4 Å². The molecule has 1 saturated heterocycles. The number of hydrogen-bond donors (Lipinski definition) is 1. The van der Waals surface area contributed by atoms with Crippen LogP contribution >= 0.6 is 11.3 Å². The van der Waals surface area contributed by atoms with E-state index in [1.54, 1.807) is 11.3 Å². The van der Waals surface area contributed by atoms with Gasteiger partial charge in [-0.2, -0.15) is 0 Å². The van der Waals surface area contributed by atoms with Crippen molar-refractivity contribution in [3.8, 4) is 0 Å². The van der Waals surface area contributed by atoms with E-state index in [1.165, 1.54) is 16.9 Å². The van der Waals surface area contributed by atoms with Crippen molar-refractivity contribution in [3.05, 3.63) is 51.5 Å². The number of aryl methyl sites for hydroxylation is 1. The van der Waals surface area contributed by atoms with Crippen LogP contribution in [-0.4, -0.2) is 51.9 Å². The van der Waals surface area contributed by atoms with E-state index < -0.39 is 0 Å². The molecule has 2 aromatic heterocycles. The number of nitrogens with zero attached hydrogens (tertiary/aromatic N) is 4. The van der Waals surface area contributed by atoms with Crippen molar-refractivity contribution in [2.24, 2.45) is 5.92 Å². The van der Waals surface area contributed by atoms with Gasteiger partial charge in [0, 0.05) is 36.4 Å². The number of aromatic nitrogens is 2. The van der Waals surface area contributed by atoms with Crippen molar-refractivity contribution in [2.45, 2.75) is 32.7 Å². The van der Waals surface area contributed by atoms with Gasteiger partial charge in [0.25, 0.3) is 5.91 Å². The molecule has 1 aromatic carbocycles. The summed E-state index contributed by atoms with van der Waals surface area (Å²) in [6.45, 7) is 6.08. The average Bonchev–Trinajstić information content (AvgIpc) is 3.17. The van der Waals surface area contributed by atoms with Gasteiger partial charge in [-0.15, -0.1) is 11.3 Å². The van der Waals surface area contributed by atoms with Gasteiger partial charge in [0.15, 0.2) is 0 Å². The van der Waals surface area contributed by atoms with Gasteiger partial charge in [-0.05, 0) is 48.9 Å². The summed E-state index contributed by atoms with van der Waals surface area (Å²) >= 11 is 1.71. The molecular weight excluding hydrogens is 394 g/mol. The molecule has 0 saturated carbocycles. The first-order valence-corrected chi connectivity index (χ1v) is 11.5. The molecule has 6 nitrogen and oxygen atoms in total. The van der Waals surface area contributed by atoms with Crippen LogP contribution in [0.3, 0.4) is 0 Å². The first-order valence-electron chi connectivity index (χ1n) is 10.7. The fourth-order valence-corrected chi connectivity index (χ4v) is 5.67. The van der Waals surface area contributed by atoms with Gasteiger partial charge in [-0.1, -0.05) is 19.1 Å². The second kappa shape index (κ2) is 7.96. The Morgan fingerprint density at radius 3 is 2.83 bits per heavy atom. The van der Waals surface area contributed by atoms with E-state index in [1.807, 2.05) is 29.2 Å². The van der Waals surface area contributed by atoms with Crippen LogP contribution in [0.5, 0.6) is 0 Å². The summed E-state index contributed by atoms with van der Waals surface area (Å²) in [5.74, 6) is 2.18. The van der Waals surface area contributed by atoms with E-state index in [0.29, 0.717) is 12.4 Å². The standard InChI is InChI=1S/C23H27N5OS/c1-15-6-7-19-16(12-15)13-20(30-19)23(29)28-10-8-27(9-11-28)14-21-25-18-5-3-2-4-17(18)22(24)26-21/h2-5,13,15H,6-12,14H2,1H3,(H2,24,25,26). The number of nitrogen functional groups attached to an aromatic ring is 1. The molecule has 156 valence electrons. The van der Waals surface area contributed by atoms with Gasteiger partial charge < -0.3 is 10.6 Å². The van der Waals surface area contributed by atoms with E-state index in [9.17, 15) is 4.79 Å². The van der Waals surface area contributed by atoms with Crippen LogP contribution in [0.4, 0.5) is 5.82 Å². The Balaban J connectivity index is 1.22. The van der Waals surface area contributed by atoms with Gasteiger partial charge >= 0.3 is 0 Å². The van der Waals surface area contributed by atoms with Crippen molar-refractivity contribution < 1.29 is 4.79 Å². The third-order valence-electron chi connectivity index (χ3n) is 6.24. The maximum atomic E-state index is 13.0. The summed E-state index contributed by atoms with van der Waals surface area (Å²) in [5, 5.41) is 0.893. The van der Waals surface area contributed by atoms with Crippen LogP contribution < -0.4 is 5.73 Å². The van der Waals surface area contributed by atoms with E-state index in [2.05, 4.69) is 27.9 Å². The molecule has 1 amide bonds. The van der Waals surface area contributed by atoms with Crippen LogP contribution in [-0.2, 0) is 19.4 Å². The highest BCUT2D eigenvalue weighted by Crippen LogP contribution is 2.33. The Bertz CT molecular complexity index is 1090. The second-order valence-electron chi connectivity index (χ2n) is 8.52. The van der Waals surface area contributed by atoms with Crippen molar-refractivity contribution in [3.63, 3.8) is 0 Å². The highest BCUT2D eigenvalue weighted by Gasteiger charge is 2.26. The predicted octanol–water partition coefficient (Wildman–Crippen LogP) is 3.36. The third kappa shape index (κ3) is 3.79. The zero-order valence-electron chi connectivity index (χ0n) is 17.3. The molecule has 1 atom stereocenters. The molecule has 2 N–H and O–H groups in total. The summed E-state index contributed by atoms with van der Waals surface area (Å²) in [6.07, 6.45) is 3.47. The maximum Gasteiger partial charge on any atom is 0.264 e. The maximum absolute atomic E-state index is 13.0. The number of fused-ring (bicyclic) bond motifs is 2. The zero-order chi connectivity index (χ0) is 20.7. The van der Waals surface area contributed by atoms with Crippen molar-refractivity contribution in [2.75, 3.05) is 31.9 Å². The predicted molar refractivity (Wildman–Crippen MR) is 121 cm³/mol. The molecule has 1 fully saturated rings. The van der Waals surface area contributed by atoms with Crippen LogP contribution in [0.25, 0.3) is 10.9 Å². The molecule has 1 aliphatic carbocycles. The number of nitrogens with two attached hydrogens (primary N) is 1. The van der Waals surface area contributed by atoms with E-state index >= 15 is 0 Å². The van der Waals surface area contributed by atoms with Crippen LogP contribution in [0, 0.1) is 5.92 Å². The molecule has 0 spiro atoms. The van der Waals surface area contributed by atoms with E-state index in [4.69, 9.17) is 5.73 Å². The summed E-state index contributed by atoms with van der Waals surface area (Å²) in [5.41, 5.74) is 8.39. The van der Waals surface area contributed by atoms with Crippen LogP contribution in [0.2, 0.25) is 0 Å². The Morgan fingerprint density at radius 1 is 1.20 bits per heavy atom. The van der Waals surface area contributed by atoms with Crippen LogP contribution in [0.1, 0.15) is 39.3 Å². The minimum Gasteiger partial charge on any atom is -0.383 e. The lowest BCUT2D eigenvalue weighted by atomic mass is 9.90. The Kier molecular flexibility index (Phi) is 5.16. The van der Waals surface area contributed by atoms with E-state index in [0.717, 1.165) is 66.5 Å². The Labute approximate surface area is 180 Å². The normalized spacial score (nSPS) is 19.8. The smallest absolute Gasteiger partial charge is 0.264 e. The van der Waals surface area contributed by atoms with Gasteiger partial charge in [-0.3, -0.25) is 9.69 Å². The fraction of sp³-hybridized carbons (Fsp3) is 0.435. The molecule has 3 heterocycles. The Hall–Kier alpha value is -2.51. The first-order chi connectivity index (χ1) is 14.6. The molecule has 30 heavy (non-hydrogen) atoms. The number of rotatable bonds is 3. The number of anilines is 1. The molecule has 1 unspecified atom stereocenters. The molecule has 0 radical (unpaired) electrons. The Morgan fingerprint density at radius 2 is 2.00 bits per heavy atom. The molecular formula is C23H27N5OS. The monoisotopic (exact) mass is 421 g/mol. The summed E-state index contributed by atoms with van der Waals surface area (Å²) in [6, 6.07) is 9.97. The number of para-hydroxylation sites is 1. The molecule has 5 rings (SSSR count). The molecule has 3 aromatic rings.